The van der Waals surface area contributed by atoms with E-state index in [-0.39, 0.29) is 24.3 Å². The van der Waals surface area contributed by atoms with Crippen molar-refractivity contribution in [1.82, 2.24) is 9.80 Å². The number of aryl methyl sites for hydroxylation is 2. The molecule has 39 heavy (non-hydrogen) atoms. The van der Waals surface area contributed by atoms with Crippen LogP contribution in [0.5, 0.6) is 0 Å². The first-order chi connectivity index (χ1) is 18.7. The molecule has 2 saturated heterocycles. The average Bonchev–Trinajstić information content (AvgIpc) is 3.17. The number of hydrogen-bond acceptors (Lipinski definition) is 5. The summed E-state index contributed by atoms with van der Waals surface area (Å²) >= 11 is 0. The normalized spacial score (nSPS) is 31.9. The van der Waals surface area contributed by atoms with E-state index in [1.165, 1.54) is 0 Å². The number of anilines is 1. The zero-order valence-electron chi connectivity index (χ0n) is 23.6. The fourth-order valence-corrected chi connectivity index (χ4v) is 7.08. The zero-order valence-corrected chi connectivity index (χ0v) is 23.6. The van der Waals surface area contributed by atoms with Crippen LogP contribution in [-0.2, 0) is 19.1 Å². The lowest BCUT2D eigenvalue weighted by atomic mass is 9.74. The lowest BCUT2D eigenvalue weighted by molar-refractivity contribution is -0.148. The van der Waals surface area contributed by atoms with Crippen LogP contribution < -0.4 is 4.90 Å². The number of aliphatic hydroxyl groups excluding tert-OH is 1. The molecule has 1 spiro atoms. The Bertz CT molecular complexity index is 1210. The van der Waals surface area contributed by atoms with Crippen molar-refractivity contribution in [3.63, 3.8) is 0 Å². The van der Waals surface area contributed by atoms with Gasteiger partial charge in [0, 0.05) is 38.5 Å². The van der Waals surface area contributed by atoms with Crippen LogP contribution in [0.25, 0.3) is 0 Å². The van der Waals surface area contributed by atoms with Gasteiger partial charge in [-0.05, 0) is 63.6 Å². The maximum atomic E-state index is 14.6. The summed E-state index contributed by atoms with van der Waals surface area (Å²) in [4.78, 5) is 48.2. The lowest BCUT2D eigenvalue weighted by Crippen LogP contribution is -2.56. The summed E-state index contributed by atoms with van der Waals surface area (Å²) in [6.45, 7) is 9.81. The third-order valence-corrected chi connectivity index (χ3v) is 8.85. The van der Waals surface area contributed by atoms with Gasteiger partial charge in [-0.2, -0.15) is 0 Å². The lowest BCUT2D eigenvalue weighted by Gasteiger charge is -2.37. The van der Waals surface area contributed by atoms with E-state index in [9.17, 15) is 19.5 Å². The predicted octanol–water partition coefficient (Wildman–Crippen LogP) is 3.15. The van der Waals surface area contributed by atoms with E-state index in [0.717, 1.165) is 29.7 Å². The van der Waals surface area contributed by atoms with Crippen LogP contribution in [-0.4, -0.2) is 82.7 Å². The van der Waals surface area contributed by atoms with Gasteiger partial charge in [-0.15, -0.1) is 0 Å². The van der Waals surface area contributed by atoms with Gasteiger partial charge in [0.05, 0.1) is 17.4 Å². The highest BCUT2D eigenvalue weighted by atomic mass is 16.5. The Morgan fingerprint density at radius 2 is 1.72 bits per heavy atom. The first kappa shape index (κ1) is 27.6. The first-order valence-electron chi connectivity index (χ1n) is 14.3. The number of likely N-dealkylation sites (tertiary alicyclic amines) is 1. The summed E-state index contributed by atoms with van der Waals surface area (Å²) in [6.07, 6.45) is 10.6. The molecule has 0 bridgehead atoms. The third kappa shape index (κ3) is 4.42. The topological polar surface area (TPSA) is 90.4 Å². The van der Waals surface area contributed by atoms with Gasteiger partial charge in [0.2, 0.25) is 11.8 Å². The van der Waals surface area contributed by atoms with Crippen LogP contribution in [0.3, 0.4) is 0 Å². The van der Waals surface area contributed by atoms with Crippen molar-refractivity contribution in [1.29, 1.82) is 0 Å². The van der Waals surface area contributed by atoms with Crippen molar-refractivity contribution in [2.75, 3.05) is 37.7 Å². The first-order valence-corrected chi connectivity index (χ1v) is 14.3. The second-order valence-electron chi connectivity index (χ2n) is 11.6. The van der Waals surface area contributed by atoms with E-state index in [4.69, 9.17) is 4.74 Å². The molecule has 4 heterocycles. The highest BCUT2D eigenvalue weighted by molar-refractivity contribution is 6.06. The zero-order chi connectivity index (χ0) is 27.9. The Hall–Kier alpha value is -2.97. The van der Waals surface area contributed by atoms with Crippen molar-refractivity contribution >= 4 is 23.4 Å². The van der Waals surface area contributed by atoms with E-state index in [2.05, 4.69) is 0 Å². The van der Waals surface area contributed by atoms with E-state index in [0.29, 0.717) is 39.0 Å². The summed E-state index contributed by atoms with van der Waals surface area (Å²) in [7, 11) is 0. The number of amides is 3. The molecule has 1 aromatic rings. The number of hydrogen-bond donors (Lipinski definition) is 1. The van der Waals surface area contributed by atoms with Gasteiger partial charge >= 0.3 is 0 Å². The van der Waals surface area contributed by atoms with E-state index in [1.807, 2.05) is 75.1 Å². The number of unbranched alkanes of at least 4 members (excludes halogenated alkanes) is 2. The molecule has 5 rings (SSSR count). The number of aliphatic hydroxyl groups is 1. The number of carbonyl (C=O) groups excluding carboxylic acids is 3. The summed E-state index contributed by atoms with van der Waals surface area (Å²) in [5.74, 6) is -1.98. The number of carbonyl (C=O) groups is 3. The average molecular weight is 536 g/mol. The fourth-order valence-electron chi connectivity index (χ4n) is 7.08. The molecule has 2 fully saturated rings. The predicted molar refractivity (Wildman–Crippen MR) is 149 cm³/mol. The number of fused-ring (bicyclic) bond motifs is 2. The molecule has 4 aliphatic rings. The molecule has 8 nitrogen and oxygen atoms in total. The molecule has 0 saturated carbocycles. The van der Waals surface area contributed by atoms with Gasteiger partial charge in [0.25, 0.3) is 5.91 Å². The second kappa shape index (κ2) is 10.5. The Kier molecular flexibility index (Phi) is 7.46. The smallest absolute Gasteiger partial charge is 0.253 e. The molecule has 1 aromatic carbocycles. The minimum absolute atomic E-state index is 0.0862. The largest absolute Gasteiger partial charge is 0.396 e. The van der Waals surface area contributed by atoms with Crippen molar-refractivity contribution in [3.8, 4) is 0 Å². The maximum Gasteiger partial charge on any atom is 0.253 e. The summed E-state index contributed by atoms with van der Waals surface area (Å²) in [5, 5.41) is 9.28. The van der Waals surface area contributed by atoms with Gasteiger partial charge in [-0.25, -0.2) is 0 Å². The van der Waals surface area contributed by atoms with Gasteiger partial charge in [-0.1, -0.05) is 43.4 Å². The molecule has 8 heteroatoms. The number of rotatable bonds is 8. The van der Waals surface area contributed by atoms with Crippen LogP contribution in [0.1, 0.15) is 50.7 Å². The summed E-state index contributed by atoms with van der Waals surface area (Å²) in [6, 6.07) is 5.16. The standard InChI is InChI=1S/C31H41N3O5/c1-5-15-32-16-9-13-30(4)24(27(32)36)25-28(37)34(17-7-6-8-19-35)26-29(38)33(18-10-14-31(25,26)39-30)23-20-21(2)11-12-22(23)3/h9-14,20,24-26,35H,5-8,15-19H2,1-4H3/t24-,25+,26?,30+,31+/m1/s1. The van der Waals surface area contributed by atoms with E-state index in [1.54, 1.807) is 9.80 Å². The molecule has 0 aliphatic carbocycles. The second-order valence-corrected chi connectivity index (χ2v) is 11.6. The van der Waals surface area contributed by atoms with Crippen LogP contribution in [0.15, 0.2) is 42.5 Å². The number of ether oxygens (including phenoxy) is 1. The van der Waals surface area contributed by atoms with Gasteiger partial charge in [-0.3, -0.25) is 14.4 Å². The number of nitrogens with zero attached hydrogens (tertiary/aromatic N) is 3. The molecule has 210 valence electrons. The van der Waals surface area contributed by atoms with E-state index < -0.39 is 29.1 Å². The highest BCUT2D eigenvalue weighted by Crippen LogP contribution is 2.57. The van der Waals surface area contributed by atoms with Gasteiger partial charge in [0.1, 0.15) is 11.6 Å². The van der Waals surface area contributed by atoms with Gasteiger partial charge < -0.3 is 24.5 Å². The molecular weight excluding hydrogens is 494 g/mol. The van der Waals surface area contributed by atoms with Crippen molar-refractivity contribution in [2.45, 2.75) is 70.6 Å². The fraction of sp³-hybridized carbons (Fsp3) is 0.581. The van der Waals surface area contributed by atoms with Crippen molar-refractivity contribution < 1.29 is 24.2 Å². The SMILES string of the molecule is CCCN1CC=C[C@]2(C)O[C@]34C=CCN(c5cc(C)ccc5C)C(=O)C3N(CCCCCO)C(=O)[C@@H]4[C@@H]2C1=O. The Morgan fingerprint density at radius 3 is 2.46 bits per heavy atom. The molecule has 4 aliphatic heterocycles. The van der Waals surface area contributed by atoms with Crippen LogP contribution >= 0.6 is 0 Å². The quantitative estimate of drug-likeness (QED) is 0.408. The Morgan fingerprint density at radius 1 is 0.949 bits per heavy atom. The maximum absolute atomic E-state index is 14.6. The Balaban J connectivity index is 1.61. The molecule has 1 N–H and O–H groups in total. The Labute approximate surface area is 231 Å². The minimum atomic E-state index is -1.24. The molecule has 0 radical (unpaired) electrons. The third-order valence-electron chi connectivity index (χ3n) is 8.85. The van der Waals surface area contributed by atoms with Crippen LogP contribution in [0.4, 0.5) is 5.69 Å². The highest BCUT2D eigenvalue weighted by Gasteiger charge is 2.74. The summed E-state index contributed by atoms with van der Waals surface area (Å²) < 4.78 is 6.89. The molecule has 3 amide bonds. The summed E-state index contributed by atoms with van der Waals surface area (Å²) in [5.41, 5.74) is 0.603. The molecule has 0 aromatic heterocycles. The molecule has 1 unspecified atom stereocenters. The van der Waals surface area contributed by atoms with Gasteiger partial charge in [0.15, 0.2) is 0 Å². The molecular formula is C31H41N3O5. The minimum Gasteiger partial charge on any atom is -0.396 e. The van der Waals surface area contributed by atoms with Crippen LogP contribution in [0.2, 0.25) is 0 Å². The van der Waals surface area contributed by atoms with Crippen molar-refractivity contribution in [3.05, 3.63) is 53.6 Å². The number of benzene rings is 1. The monoisotopic (exact) mass is 535 g/mol. The van der Waals surface area contributed by atoms with E-state index >= 15 is 0 Å². The van der Waals surface area contributed by atoms with Crippen molar-refractivity contribution in [2.24, 2.45) is 11.8 Å². The van der Waals surface area contributed by atoms with Crippen LogP contribution in [0, 0.1) is 25.7 Å². The molecule has 5 atom stereocenters.